The fraction of sp³-hybridized carbons (Fsp3) is 0.688. The second-order valence-electron chi connectivity index (χ2n) is 6.35. The van der Waals surface area contributed by atoms with E-state index in [2.05, 4.69) is 31.6 Å². The highest BCUT2D eigenvalue weighted by Gasteiger charge is 2.40. The van der Waals surface area contributed by atoms with Gasteiger partial charge in [-0.2, -0.15) is 0 Å². The molecule has 0 atom stereocenters. The molecule has 2 rings (SSSR count). The van der Waals surface area contributed by atoms with E-state index in [0.717, 1.165) is 0 Å². The number of aromatic nitrogens is 2. The Labute approximate surface area is 171 Å². The minimum Gasteiger partial charge on any atom is -0.447 e. The van der Waals surface area contributed by atoms with Crippen LogP contribution >= 0.6 is 0 Å². The highest BCUT2D eigenvalue weighted by atomic mass is 19.4. The fourth-order valence-electron chi connectivity index (χ4n) is 2.37. The molecular weight excluding hydrogens is 444 g/mol. The number of rotatable bonds is 12. The van der Waals surface area contributed by atoms with E-state index in [1.165, 1.54) is 0 Å². The Kier molecular flexibility index (Phi) is 8.64. The van der Waals surface area contributed by atoms with Crippen molar-refractivity contribution >= 4 is 5.91 Å². The van der Waals surface area contributed by atoms with Crippen molar-refractivity contribution in [3.05, 3.63) is 18.2 Å². The number of carbonyl (C=O) groups is 1. The third kappa shape index (κ3) is 10.5. The fourth-order valence-corrected chi connectivity index (χ4v) is 2.37. The number of carbonyl (C=O) groups excluding carboxylic acids is 1. The summed E-state index contributed by atoms with van der Waals surface area (Å²) in [6, 6.07) is 0. The van der Waals surface area contributed by atoms with E-state index in [4.69, 9.17) is 13.9 Å². The lowest BCUT2D eigenvalue weighted by molar-refractivity contribution is -0.357. The van der Waals surface area contributed by atoms with E-state index < -0.39 is 44.1 Å². The largest absolute Gasteiger partial charge is 0.522 e. The molecule has 0 unspecified atom stereocenters. The lowest BCUT2D eigenvalue weighted by Crippen LogP contribution is -2.42. The van der Waals surface area contributed by atoms with Gasteiger partial charge in [-0.15, -0.1) is 31.4 Å². The molecule has 0 saturated heterocycles. The van der Waals surface area contributed by atoms with Gasteiger partial charge in [0.2, 0.25) is 11.8 Å². The molecule has 1 aliphatic carbocycles. The van der Waals surface area contributed by atoms with Crippen LogP contribution in [0.3, 0.4) is 0 Å². The average molecular weight is 463 g/mol. The molecule has 1 aromatic rings. The van der Waals surface area contributed by atoms with Crippen LogP contribution in [0.25, 0.3) is 0 Å². The molecule has 1 fully saturated rings. The summed E-state index contributed by atoms with van der Waals surface area (Å²) in [5.74, 6) is -0.437. The Morgan fingerprint density at radius 1 is 1.10 bits per heavy atom. The average Bonchev–Trinajstić information content (AvgIpc) is 3.05. The van der Waals surface area contributed by atoms with Crippen LogP contribution in [0.5, 0.6) is 6.08 Å². The van der Waals surface area contributed by atoms with E-state index in [0.29, 0.717) is 5.70 Å². The molecule has 9 nitrogen and oxygen atoms in total. The van der Waals surface area contributed by atoms with Crippen LogP contribution in [0.4, 0.5) is 26.3 Å². The van der Waals surface area contributed by atoms with Gasteiger partial charge in [-0.05, 0) is 6.42 Å². The highest BCUT2D eigenvalue weighted by Crippen LogP contribution is 2.32. The molecular formula is C16H19F6N3O6. The van der Waals surface area contributed by atoms with Crippen molar-refractivity contribution < 1.29 is 54.5 Å². The molecule has 31 heavy (non-hydrogen) atoms. The Morgan fingerprint density at radius 2 is 1.81 bits per heavy atom. The van der Waals surface area contributed by atoms with Gasteiger partial charge in [0.05, 0.1) is 18.8 Å². The molecule has 1 saturated carbocycles. The number of halogens is 6. The first kappa shape index (κ1) is 24.9. The zero-order valence-electron chi connectivity index (χ0n) is 15.9. The summed E-state index contributed by atoms with van der Waals surface area (Å²) in [4.78, 5) is 11.8. The molecule has 1 aliphatic rings. The summed E-state index contributed by atoms with van der Waals surface area (Å²) < 4.78 is 93.9. The third-order valence-electron chi connectivity index (χ3n) is 3.78. The number of aryl methyl sites for hydroxylation is 1. The molecule has 1 N–H and O–H groups in total. The molecule has 15 heteroatoms. The van der Waals surface area contributed by atoms with Crippen molar-refractivity contribution in [1.82, 2.24) is 15.5 Å². The molecule has 0 aromatic carbocycles. The molecule has 0 spiro atoms. The van der Waals surface area contributed by atoms with Crippen molar-refractivity contribution in [1.29, 1.82) is 0 Å². The van der Waals surface area contributed by atoms with E-state index in [9.17, 15) is 31.1 Å². The summed E-state index contributed by atoms with van der Waals surface area (Å²) in [7, 11) is 0. The van der Waals surface area contributed by atoms with Crippen molar-refractivity contribution in [3.8, 4) is 6.08 Å². The number of amides is 1. The maximum Gasteiger partial charge on any atom is 0.522 e. The molecule has 1 amide bonds. The number of nitrogens with zero attached hydrogens (tertiary/aromatic N) is 2. The maximum absolute atomic E-state index is 12.0. The molecule has 0 bridgehead atoms. The Bertz CT molecular complexity index is 732. The predicted octanol–water partition coefficient (Wildman–Crippen LogP) is 2.63. The van der Waals surface area contributed by atoms with Gasteiger partial charge in [0.25, 0.3) is 0 Å². The normalized spacial score (nSPS) is 19.0. The van der Waals surface area contributed by atoms with Gasteiger partial charge in [-0.3, -0.25) is 14.3 Å². The topological polar surface area (TPSA) is 105 Å². The number of nitrogens with one attached hydrogen (secondary N) is 1. The van der Waals surface area contributed by atoms with E-state index in [-0.39, 0.29) is 44.3 Å². The summed E-state index contributed by atoms with van der Waals surface area (Å²) in [5, 5.41) is 9.57. The first-order valence-corrected chi connectivity index (χ1v) is 8.89. The van der Waals surface area contributed by atoms with Crippen LogP contribution in [0, 0.1) is 0 Å². The van der Waals surface area contributed by atoms with E-state index >= 15 is 0 Å². The minimum absolute atomic E-state index is 0.0393. The van der Waals surface area contributed by atoms with Crippen molar-refractivity contribution in [3.63, 3.8) is 0 Å². The van der Waals surface area contributed by atoms with Gasteiger partial charge in [0.15, 0.2) is 0 Å². The highest BCUT2D eigenvalue weighted by molar-refractivity contribution is 5.78. The SMILES string of the molecule is C=C(CCc1nnc(OCCOC(F)(F)F)o1)NC(=O)CO[C@H]1C[C@@H](OC(F)(F)F)C1. The Hall–Kier alpha value is -2.39. The monoisotopic (exact) mass is 463 g/mol. The smallest absolute Gasteiger partial charge is 0.447 e. The van der Waals surface area contributed by atoms with Crippen molar-refractivity contribution in [2.75, 3.05) is 19.8 Å². The van der Waals surface area contributed by atoms with Crippen molar-refractivity contribution in [2.45, 2.75) is 50.6 Å². The first-order valence-electron chi connectivity index (χ1n) is 8.89. The van der Waals surface area contributed by atoms with E-state index in [1.807, 2.05) is 0 Å². The lowest BCUT2D eigenvalue weighted by Gasteiger charge is -2.34. The number of hydrogen-bond acceptors (Lipinski definition) is 8. The molecule has 0 aliphatic heterocycles. The van der Waals surface area contributed by atoms with Crippen LogP contribution in [0.1, 0.15) is 25.2 Å². The summed E-state index contributed by atoms with van der Waals surface area (Å²) in [6.07, 6.45) is -10.8. The number of hydrogen-bond donors (Lipinski definition) is 1. The summed E-state index contributed by atoms with van der Waals surface area (Å²) >= 11 is 0. The van der Waals surface area contributed by atoms with Crippen molar-refractivity contribution in [2.24, 2.45) is 0 Å². The molecule has 1 heterocycles. The Morgan fingerprint density at radius 3 is 2.45 bits per heavy atom. The van der Waals surface area contributed by atoms with Crippen LogP contribution in [-0.2, 0) is 25.4 Å². The standard InChI is InChI=1S/C16H19F6N3O6/c1-9(23-12(26)8-28-10-6-11(7-10)31-16(20,21)22)2-3-13-24-25-14(30-13)27-4-5-29-15(17,18)19/h10-11H,1-8H2,(H,23,26)/t10-,11+. The van der Waals surface area contributed by atoms with Gasteiger partial charge >= 0.3 is 18.8 Å². The Balaban J connectivity index is 1.56. The maximum atomic E-state index is 12.0. The number of ether oxygens (including phenoxy) is 4. The zero-order valence-corrected chi connectivity index (χ0v) is 15.9. The predicted molar refractivity (Wildman–Crippen MR) is 87.3 cm³/mol. The van der Waals surface area contributed by atoms with Crippen LogP contribution in [-0.4, -0.2) is 60.9 Å². The van der Waals surface area contributed by atoms with Crippen LogP contribution in [0.2, 0.25) is 0 Å². The first-order chi connectivity index (χ1) is 14.4. The summed E-state index contributed by atoms with van der Waals surface area (Å²) in [5.41, 5.74) is 0.291. The second-order valence-corrected chi connectivity index (χ2v) is 6.35. The van der Waals surface area contributed by atoms with Gasteiger partial charge in [0.1, 0.15) is 13.2 Å². The summed E-state index contributed by atoms with van der Waals surface area (Å²) in [6.45, 7) is 2.08. The van der Waals surface area contributed by atoms with E-state index in [1.54, 1.807) is 0 Å². The van der Waals surface area contributed by atoms with Gasteiger partial charge in [-0.25, -0.2) is 0 Å². The van der Waals surface area contributed by atoms with Gasteiger partial charge in [0, 0.05) is 25.0 Å². The number of alkyl halides is 6. The van der Waals surface area contributed by atoms with Crippen LogP contribution in [0.15, 0.2) is 16.7 Å². The zero-order chi connectivity index (χ0) is 23.1. The van der Waals surface area contributed by atoms with Gasteiger partial charge in [-0.1, -0.05) is 11.7 Å². The lowest BCUT2D eigenvalue weighted by atomic mass is 9.92. The quantitative estimate of drug-likeness (QED) is 0.373. The van der Waals surface area contributed by atoms with Crippen LogP contribution < -0.4 is 10.1 Å². The minimum atomic E-state index is -4.76. The second kappa shape index (κ2) is 10.8. The molecule has 1 aromatic heterocycles. The molecule has 176 valence electrons. The third-order valence-corrected chi connectivity index (χ3v) is 3.78. The number of allylic oxidation sites excluding steroid dienone is 1. The van der Waals surface area contributed by atoms with Gasteiger partial charge < -0.3 is 19.2 Å². The molecule has 0 radical (unpaired) electrons.